The van der Waals surface area contributed by atoms with E-state index in [1.807, 2.05) is 58.0 Å². The van der Waals surface area contributed by atoms with E-state index in [4.69, 9.17) is 9.97 Å². The Morgan fingerprint density at radius 1 is 0.942 bits per heavy atom. The van der Waals surface area contributed by atoms with Gasteiger partial charge < -0.3 is 9.34 Å². The van der Waals surface area contributed by atoms with Crippen molar-refractivity contribution in [1.82, 2.24) is 14.2 Å². The Bertz CT molecular complexity index is 2060. The molecule has 0 fully saturated rings. The average molecular weight is 905 g/mol. The fraction of sp³-hybridized carbons (Fsp3) is 0.405. The van der Waals surface area contributed by atoms with Crippen molar-refractivity contribution in [3.05, 3.63) is 90.3 Å². The third kappa shape index (κ3) is 7.99. The summed E-state index contributed by atoms with van der Waals surface area (Å²) in [6.45, 7) is 15.2. The number of aromatic nitrogens is 3. The summed E-state index contributed by atoms with van der Waals surface area (Å²) >= 11 is 0. The Hall–Kier alpha value is -3.59. The number of allylic oxidation sites excluding steroid dienone is 2. The van der Waals surface area contributed by atoms with E-state index in [-0.39, 0.29) is 49.9 Å². The van der Waals surface area contributed by atoms with E-state index >= 15 is 0 Å². The Morgan fingerprint density at radius 2 is 1.56 bits per heavy atom. The normalized spacial score (nSPS) is 13.9. The number of carbonyl (C=O) groups excluding carboxylic acids is 1. The molecule has 52 heavy (non-hydrogen) atoms. The quantitative estimate of drug-likeness (QED) is 0.0656. The van der Waals surface area contributed by atoms with E-state index in [9.17, 15) is 23.1 Å². The van der Waals surface area contributed by atoms with E-state index < -0.39 is 19.8 Å². The molecule has 1 radical (unpaired) electrons. The van der Waals surface area contributed by atoms with Crippen LogP contribution in [0, 0.1) is 23.3 Å². The van der Waals surface area contributed by atoms with Gasteiger partial charge in [0.25, 0.3) is 0 Å². The Kier molecular flexibility index (Phi) is 12.8. The molecule has 279 valence electrons. The van der Waals surface area contributed by atoms with Gasteiger partial charge in [-0.15, -0.1) is 23.6 Å². The number of imidazole rings is 1. The fourth-order valence-corrected chi connectivity index (χ4v) is 10.1. The minimum atomic E-state index is -4.26. The number of ketones is 1. The van der Waals surface area contributed by atoms with E-state index in [0.717, 1.165) is 70.1 Å². The summed E-state index contributed by atoms with van der Waals surface area (Å²) in [6, 6.07) is 23.4. The molecular weight excluding hydrogens is 856 g/mol. The first kappa shape index (κ1) is 41.2. The molecular formula is C42H49F3IrN3O2Si-. The minimum Gasteiger partial charge on any atom is -0.512 e. The van der Waals surface area contributed by atoms with Gasteiger partial charge in [-0.2, -0.15) is 13.2 Å². The number of alkyl halides is 3. The maximum atomic E-state index is 13.4. The van der Waals surface area contributed by atoms with Gasteiger partial charge in [0.15, 0.2) is 14.0 Å². The monoisotopic (exact) mass is 905 g/mol. The number of hydrogen-bond acceptors (Lipinski definition) is 4. The van der Waals surface area contributed by atoms with Gasteiger partial charge in [0.2, 0.25) is 0 Å². The van der Waals surface area contributed by atoms with Crippen LogP contribution in [0.15, 0.2) is 78.7 Å². The van der Waals surface area contributed by atoms with Gasteiger partial charge in [0.1, 0.15) is 5.82 Å². The van der Waals surface area contributed by atoms with E-state index in [2.05, 4.69) is 41.6 Å². The first-order chi connectivity index (χ1) is 24.1. The van der Waals surface area contributed by atoms with Crippen LogP contribution >= 0.6 is 0 Å². The molecule has 3 heterocycles. The minimum absolute atomic E-state index is 0. The second-order valence-electron chi connectivity index (χ2n) is 14.8. The first-order valence-corrected chi connectivity index (χ1v) is 21.0. The van der Waals surface area contributed by atoms with Gasteiger partial charge in [-0.05, 0) is 43.7 Å². The van der Waals surface area contributed by atoms with E-state index in [1.165, 1.54) is 25.1 Å². The molecule has 0 atom stereocenters. The molecule has 1 aliphatic rings. The van der Waals surface area contributed by atoms with Crippen LogP contribution in [0.3, 0.4) is 0 Å². The van der Waals surface area contributed by atoms with Crippen molar-refractivity contribution >= 4 is 41.0 Å². The number of carbonyl (C=O) groups is 1. The number of halogens is 3. The molecule has 1 aliphatic heterocycles. The summed E-state index contributed by atoms with van der Waals surface area (Å²) < 4.78 is 42.6. The molecule has 3 aromatic carbocycles. The molecule has 0 saturated carbocycles. The summed E-state index contributed by atoms with van der Waals surface area (Å²) in [5.74, 6) is 1.38. The zero-order valence-corrected chi connectivity index (χ0v) is 34.7. The van der Waals surface area contributed by atoms with Gasteiger partial charge in [-0.1, -0.05) is 113 Å². The van der Waals surface area contributed by atoms with Crippen LogP contribution in [0.2, 0.25) is 13.1 Å². The SMILES string of the molecule is CC(C)(Cc1ccc(-c2nc3ccnc4c3n2[Si](C)(C)c2cc3ccccc3[c-]c2-4)cc1)C(F)(F)F.CCC(CC)C(=O)/C=C(\O)C(CC)CC.[Ir]. The number of aliphatic hydroxyl groups excluding tert-OH is 1. The van der Waals surface area contributed by atoms with Gasteiger partial charge in [0, 0.05) is 55.5 Å². The number of fused-ring (bicyclic) bond motifs is 3. The van der Waals surface area contributed by atoms with Crippen molar-refractivity contribution in [1.29, 1.82) is 0 Å². The Labute approximate surface area is 320 Å². The van der Waals surface area contributed by atoms with Crippen molar-refractivity contribution in [2.45, 2.75) is 92.9 Å². The van der Waals surface area contributed by atoms with Gasteiger partial charge in [0.05, 0.1) is 22.2 Å². The van der Waals surface area contributed by atoms with Crippen LogP contribution < -0.4 is 5.19 Å². The van der Waals surface area contributed by atoms with Crippen LogP contribution in [-0.2, 0) is 31.3 Å². The van der Waals surface area contributed by atoms with Crippen molar-refractivity contribution in [3.63, 3.8) is 0 Å². The molecule has 0 unspecified atom stereocenters. The predicted molar refractivity (Wildman–Crippen MR) is 205 cm³/mol. The van der Waals surface area contributed by atoms with Crippen molar-refractivity contribution in [3.8, 4) is 22.6 Å². The maximum absolute atomic E-state index is 13.4. The number of pyridine rings is 1. The van der Waals surface area contributed by atoms with Crippen molar-refractivity contribution in [2.24, 2.45) is 17.3 Å². The maximum Gasteiger partial charge on any atom is 0.394 e. The molecule has 0 bridgehead atoms. The third-order valence-corrected chi connectivity index (χ3v) is 13.8. The molecule has 0 saturated heterocycles. The van der Waals surface area contributed by atoms with Crippen molar-refractivity contribution in [2.75, 3.05) is 0 Å². The van der Waals surface area contributed by atoms with Crippen LogP contribution in [0.4, 0.5) is 13.2 Å². The summed E-state index contributed by atoms with van der Waals surface area (Å²) in [7, 11) is -2.30. The molecule has 0 amide bonds. The van der Waals surface area contributed by atoms with Gasteiger partial charge in [-0.3, -0.25) is 9.78 Å². The van der Waals surface area contributed by atoms with Crippen LogP contribution in [0.5, 0.6) is 0 Å². The summed E-state index contributed by atoms with van der Waals surface area (Å²) in [5.41, 5.74) is 3.54. The molecule has 10 heteroatoms. The topological polar surface area (TPSA) is 68.0 Å². The number of nitrogens with zero attached hydrogens (tertiary/aromatic N) is 3. The van der Waals surface area contributed by atoms with Crippen LogP contribution in [0.1, 0.15) is 72.8 Å². The van der Waals surface area contributed by atoms with Crippen LogP contribution in [-0.4, -0.2) is 39.5 Å². The predicted octanol–water partition coefficient (Wildman–Crippen LogP) is 11.0. The fourth-order valence-electron chi connectivity index (χ4n) is 7.06. The molecule has 1 N–H and O–H groups in total. The molecule has 0 spiro atoms. The zero-order valence-electron chi connectivity index (χ0n) is 31.3. The molecule has 5 aromatic rings. The third-order valence-electron chi connectivity index (χ3n) is 10.5. The summed E-state index contributed by atoms with van der Waals surface area (Å²) in [4.78, 5) is 21.5. The standard InChI is InChI=1S/C29H25F3N3Si.C13H24O2.Ir/c1-28(2,29(30,31)32)17-18-9-11-19(12-10-18)27-34-23-13-14-33-25-22-15-20-7-5-6-8-21(20)16-24(22)36(3,4)35(27)26(23)25;1-5-10(6-2)12(14)9-13(15)11(7-3)8-4;/h5-14,16H,17H2,1-4H3;9-11,14H,5-8H2,1-4H3;/q-1;;/b;12-9-;. The second kappa shape index (κ2) is 16.2. The van der Waals surface area contributed by atoms with Gasteiger partial charge in [-0.25, -0.2) is 4.98 Å². The first-order valence-electron chi connectivity index (χ1n) is 18.0. The molecule has 2 aromatic heterocycles. The van der Waals surface area contributed by atoms with Crippen molar-refractivity contribution < 1.29 is 43.2 Å². The molecule has 5 nitrogen and oxygen atoms in total. The zero-order chi connectivity index (χ0) is 37.3. The smallest absolute Gasteiger partial charge is 0.394 e. The molecule has 6 rings (SSSR count). The summed E-state index contributed by atoms with van der Waals surface area (Å²) in [5, 5.41) is 13.2. The number of hydrogen-bond donors (Lipinski definition) is 1. The molecule has 0 aliphatic carbocycles. The van der Waals surface area contributed by atoms with E-state index in [1.54, 1.807) is 18.3 Å². The largest absolute Gasteiger partial charge is 0.512 e. The summed E-state index contributed by atoms with van der Waals surface area (Å²) in [6.07, 6.45) is 2.36. The number of rotatable bonds is 10. The Morgan fingerprint density at radius 3 is 2.15 bits per heavy atom. The second-order valence-corrected chi connectivity index (χ2v) is 18.9. The van der Waals surface area contributed by atoms with Crippen LogP contribution in [0.25, 0.3) is 44.5 Å². The number of aliphatic hydroxyl groups is 1. The van der Waals surface area contributed by atoms with Gasteiger partial charge >= 0.3 is 6.18 Å². The number of benzene rings is 3. The van der Waals surface area contributed by atoms with E-state index in [0.29, 0.717) is 5.56 Å². The average Bonchev–Trinajstić information content (AvgIpc) is 3.49. The Balaban J connectivity index is 0.000000323.